The van der Waals surface area contributed by atoms with Gasteiger partial charge in [0.25, 0.3) is 0 Å². The number of nitrogens with zero attached hydrogens (tertiary/aromatic N) is 1. The third-order valence-corrected chi connectivity index (χ3v) is 3.94. The molecule has 122 valence electrons. The lowest BCUT2D eigenvalue weighted by Crippen LogP contribution is -2.43. The van der Waals surface area contributed by atoms with Gasteiger partial charge in [0.15, 0.2) is 0 Å². The fraction of sp³-hybridized carbons (Fsp3) is 0.647. The SMILES string of the molecule is COC(=O)C1=CC([C@H]2CCCN2C(=O)OC(C)(C)C)CC=C1. The molecule has 1 unspecified atom stereocenters. The van der Waals surface area contributed by atoms with Crippen molar-refractivity contribution >= 4 is 12.1 Å². The average molecular weight is 307 g/mol. The molecule has 22 heavy (non-hydrogen) atoms. The van der Waals surface area contributed by atoms with Crippen molar-refractivity contribution < 1.29 is 19.1 Å². The quantitative estimate of drug-likeness (QED) is 0.736. The number of rotatable bonds is 2. The van der Waals surface area contributed by atoms with Crippen LogP contribution in [0.1, 0.15) is 40.0 Å². The van der Waals surface area contributed by atoms with E-state index in [0.29, 0.717) is 12.1 Å². The van der Waals surface area contributed by atoms with Crippen molar-refractivity contribution in [2.24, 2.45) is 5.92 Å². The van der Waals surface area contributed by atoms with E-state index in [-0.39, 0.29) is 24.0 Å². The number of carbonyl (C=O) groups excluding carboxylic acids is 2. The molecule has 1 heterocycles. The molecule has 0 saturated carbocycles. The van der Waals surface area contributed by atoms with Crippen LogP contribution in [0.2, 0.25) is 0 Å². The zero-order chi connectivity index (χ0) is 16.3. The van der Waals surface area contributed by atoms with Gasteiger partial charge in [-0.25, -0.2) is 9.59 Å². The summed E-state index contributed by atoms with van der Waals surface area (Å²) in [6.45, 7) is 6.32. The summed E-state index contributed by atoms with van der Waals surface area (Å²) in [7, 11) is 1.38. The van der Waals surface area contributed by atoms with Crippen LogP contribution in [0.5, 0.6) is 0 Å². The molecule has 1 amide bonds. The van der Waals surface area contributed by atoms with E-state index < -0.39 is 5.60 Å². The second-order valence-corrected chi connectivity index (χ2v) is 6.80. The zero-order valence-corrected chi connectivity index (χ0v) is 13.8. The molecular formula is C17H25NO4. The minimum atomic E-state index is -0.496. The molecule has 0 N–H and O–H groups in total. The van der Waals surface area contributed by atoms with Crippen LogP contribution < -0.4 is 0 Å². The lowest BCUT2D eigenvalue weighted by atomic mass is 9.88. The molecule has 5 nitrogen and oxygen atoms in total. The number of allylic oxidation sites excluding steroid dienone is 1. The highest BCUT2D eigenvalue weighted by atomic mass is 16.6. The predicted octanol–water partition coefficient (Wildman–Crippen LogP) is 3.06. The number of esters is 1. The summed E-state index contributed by atoms with van der Waals surface area (Å²) in [5, 5.41) is 0. The number of hydrogen-bond donors (Lipinski definition) is 0. The van der Waals surface area contributed by atoms with Gasteiger partial charge in [-0.1, -0.05) is 18.2 Å². The van der Waals surface area contributed by atoms with Gasteiger partial charge in [-0.2, -0.15) is 0 Å². The van der Waals surface area contributed by atoms with E-state index >= 15 is 0 Å². The number of amides is 1. The van der Waals surface area contributed by atoms with Gasteiger partial charge in [0.05, 0.1) is 12.7 Å². The normalized spacial score (nSPS) is 24.9. The Morgan fingerprint density at radius 1 is 1.32 bits per heavy atom. The first-order valence-corrected chi connectivity index (χ1v) is 7.78. The number of carbonyl (C=O) groups is 2. The standard InChI is InChI=1S/C17H25NO4/c1-17(2,3)22-16(20)18-10-6-9-14(18)12-7-5-8-13(11-12)15(19)21-4/h5,8,11-12,14H,6-7,9-10H2,1-4H3/t12?,14-/m1/s1. The van der Waals surface area contributed by atoms with Crippen LogP contribution in [-0.4, -0.2) is 42.3 Å². The first kappa shape index (κ1) is 16.6. The van der Waals surface area contributed by atoms with Crippen molar-refractivity contribution in [1.82, 2.24) is 4.90 Å². The van der Waals surface area contributed by atoms with E-state index in [2.05, 4.69) is 0 Å². The Bertz CT molecular complexity index is 501. The van der Waals surface area contributed by atoms with Crippen LogP contribution in [0, 0.1) is 5.92 Å². The van der Waals surface area contributed by atoms with Gasteiger partial charge in [-0.15, -0.1) is 0 Å². The summed E-state index contributed by atoms with van der Waals surface area (Å²) in [4.78, 5) is 25.8. The highest BCUT2D eigenvalue weighted by molar-refractivity contribution is 5.91. The minimum Gasteiger partial charge on any atom is -0.465 e. The second-order valence-electron chi connectivity index (χ2n) is 6.80. The van der Waals surface area contributed by atoms with Gasteiger partial charge in [-0.05, 0) is 40.0 Å². The number of ether oxygens (including phenoxy) is 2. The van der Waals surface area contributed by atoms with Crippen molar-refractivity contribution in [1.29, 1.82) is 0 Å². The van der Waals surface area contributed by atoms with Crippen molar-refractivity contribution in [3.8, 4) is 0 Å². The van der Waals surface area contributed by atoms with Crippen LogP contribution >= 0.6 is 0 Å². The van der Waals surface area contributed by atoms with Gasteiger partial charge in [0, 0.05) is 18.5 Å². The van der Waals surface area contributed by atoms with Crippen LogP contribution in [0.3, 0.4) is 0 Å². The maximum atomic E-state index is 12.4. The van der Waals surface area contributed by atoms with E-state index in [0.717, 1.165) is 19.3 Å². The summed E-state index contributed by atoms with van der Waals surface area (Å²) in [6.07, 6.45) is 8.15. The fourth-order valence-corrected chi connectivity index (χ4v) is 3.01. The Labute approximate surface area is 131 Å². The zero-order valence-electron chi connectivity index (χ0n) is 13.8. The predicted molar refractivity (Wildman–Crippen MR) is 83.3 cm³/mol. The molecular weight excluding hydrogens is 282 g/mol. The van der Waals surface area contributed by atoms with Crippen LogP contribution in [0.25, 0.3) is 0 Å². The van der Waals surface area contributed by atoms with Gasteiger partial charge in [0.2, 0.25) is 0 Å². The summed E-state index contributed by atoms with van der Waals surface area (Å²) in [6, 6.07) is 0.0828. The van der Waals surface area contributed by atoms with Crippen LogP contribution in [0.15, 0.2) is 23.8 Å². The van der Waals surface area contributed by atoms with Crippen molar-refractivity contribution in [3.63, 3.8) is 0 Å². The number of methoxy groups -OCH3 is 1. The largest absolute Gasteiger partial charge is 0.465 e. The molecule has 1 fully saturated rings. The van der Waals surface area contributed by atoms with E-state index in [4.69, 9.17) is 9.47 Å². The summed E-state index contributed by atoms with van der Waals surface area (Å²) in [5.41, 5.74) is 0.0683. The molecule has 5 heteroatoms. The molecule has 0 bridgehead atoms. The highest BCUT2D eigenvalue weighted by Crippen LogP contribution is 2.31. The molecule has 1 aliphatic heterocycles. The number of hydrogen-bond acceptors (Lipinski definition) is 4. The highest BCUT2D eigenvalue weighted by Gasteiger charge is 2.36. The van der Waals surface area contributed by atoms with Crippen molar-refractivity contribution in [3.05, 3.63) is 23.8 Å². The van der Waals surface area contributed by atoms with E-state index in [1.54, 1.807) is 11.0 Å². The maximum Gasteiger partial charge on any atom is 0.410 e. The smallest absolute Gasteiger partial charge is 0.410 e. The van der Waals surface area contributed by atoms with Crippen molar-refractivity contribution in [2.75, 3.05) is 13.7 Å². The number of likely N-dealkylation sites (tertiary alicyclic amines) is 1. The Morgan fingerprint density at radius 3 is 2.68 bits per heavy atom. The van der Waals surface area contributed by atoms with Gasteiger partial charge < -0.3 is 14.4 Å². The summed E-state index contributed by atoms with van der Waals surface area (Å²) in [5.74, 6) is -0.197. The molecule has 2 aliphatic rings. The lowest BCUT2D eigenvalue weighted by molar-refractivity contribution is -0.135. The lowest BCUT2D eigenvalue weighted by Gasteiger charge is -2.32. The molecule has 0 aromatic carbocycles. The van der Waals surface area contributed by atoms with Gasteiger partial charge in [-0.3, -0.25) is 0 Å². The molecule has 1 saturated heterocycles. The Hall–Kier alpha value is -1.78. The van der Waals surface area contributed by atoms with Crippen LogP contribution in [0.4, 0.5) is 4.79 Å². The molecule has 0 spiro atoms. The van der Waals surface area contributed by atoms with Gasteiger partial charge >= 0.3 is 12.1 Å². The summed E-state index contributed by atoms with van der Waals surface area (Å²) >= 11 is 0. The average Bonchev–Trinajstić information content (AvgIpc) is 2.94. The molecule has 2 rings (SSSR count). The van der Waals surface area contributed by atoms with E-state index in [1.165, 1.54) is 7.11 Å². The molecule has 2 atom stereocenters. The van der Waals surface area contributed by atoms with Crippen LogP contribution in [-0.2, 0) is 14.3 Å². The Kier molecular flexibility index (Phi) is 4.94. The van der Waals surface area contributed by atoms with E-state index in [1.807, 2.05) is 32.9 Å². The Morgan fingerprint density at radius 2 is 2.05 bits per heavy atom. The molecule has 0 aromatic rings. The molecule has 0 aromatic heterocycles. The first-order chi connectivity index (χ1) is 10.3. The topological polar surface area (TPSA) is 55.8 Å². The third-order valence-electron chi connectivity index (χ3n) is 3.94. The monoisotopic (exact) mass is 307 g/mol. The van der Waals surface area contributed by atoms with Crippen molar-refractivity contribution in [2.45, 2.75) is 51.7 Å². The second kappa shape index (κ2) is 6.55. The molecule has 0 radical (unpaired) electrons. The first-order valence-electron chi connectivity index (χ1n) is 7.78. The van der Waals surface area contributed by atoms with Gasteiger partial charge in [0.1, 0.15) is 5.60 Å². The third kappa shape index (κ3) is 3.90. The van der Waals surface area contributed by atoms with E-state index in [9.17, 15) is 9.59 Å². The summed E-state index contributed by atoms with van der Waals surface area (Å²) < 4.78 is 10.3. The fourth-order valence-electron chi connectivity index (χ4n) is 3.01. The maximum absolute atomic E-state index is 12.4. The molecule has 1 aliphatic carbocycles. The minimum absolute atomic E-state index is 0.0828. The Balaban J connectivity index is 2.10.